The van der Waals surface area contributed by atoms with E-state index in [1.54, 1.807) is 7.11 Å². The number of nitrogens with one attached hydrogen (secondary N) is 1. The van der Waals surface area contributed by atoms with Gasteiger partial charge in [0, 0.05) is 6.54 Å². The van der Waals surface area contributed by atoms with Crippen molar-refractivity contribution in [2.75, 3.05) is 13.7 Å². The lowest BCUT2D eigenvalue weighted by Crippen LogP contribution is -2.13. The molecule has 2 rings (SSSR count). The van der Waals surface area contributed by atoms with E-state index < -0.39 is 0 Å². The predicted octanol–water partition coefficient (Wildman–Crippen LogP) is 4.48. The van der Waals surface area contributed by atoms with Crippen molar-refractivity contribution in [2.24, 2.45) is 0 Å². The second-order valence-electron chi connectivity index (χ2n) is 5.52. The van der Waals surface area contributed by atoms with Crippen molar-refractivity contribution >= 4 is 0 Å². The number of hydrogen-bond acceptors (Lipinski definition) is 2. The molecule has 0 aliphatic rings. The molecule has 21 heavy (non-hydrogen) atoms. The van der Waals surface area contributed by atoms with Gasteiger partial charge in [0.2, 0.25) is 0 Å². The zero-order valence-corrected chi connectivity index (χ0v) is 13.5. The smallest absolute Gasteiger partial charge is 0.124 e. The fourth-order valence-electron chi connectivity index (χ4n) is 2.71. The van der Waals surface area contributed by atoms with E-state index in [9.17, 15) is 0 Å². The summed E-state index contributed by atoms with van der Waals surface area (Å²) in [4.78, 5) is 0. The van der Waals surface area contributed by atoms with Crippen LogP contribution in [0.1, 0.15) is 30.0 Å². The highest BCUT2D eigenvalue weighted by Crippen LogP contribution is 2.30. The van der Waals surface area contributed by atoms with Crippen LogP contribution in [0.15, 0.2) is 36.4 Å². The van der Waals surface area contributed by atoms with Crippen molar-refractivity contribution in [1.29, 1.82) is 0 Å². The molecule has 0 heterocycles. The number of benzene rings is 2. The average Bonchev–Trinajstić information content (AvgIpc) is 2.47. The van der Waals surface area contributed by atoms with E-state index in [0.717, 1.165) is 25.3 Å². The highest BCUT2D eigenvalue weighted by atomic mass is 16.5. The molecule has 0 spiro atoms. The van der Waals surface area contributed by atoms with Crippen LogP contribution in [0.4, 0.5) is 0 Å². The van der Waals surface area contributed by atoms with Gasteiger partial charge in [0.1, 0.15) is 5.75 Å². The summed E-state index contributed by atoms with van der Waals surface area (Å²) in [6.45, 7) is 8.37. The molecule has 2 heteroatoms. The fraction of sp³-hybridized carbons (Fsp3) is 0.368. The Hall–Kier alpha value is -1.80. The topological polar surface area (TPSA) is 21.3 Å². The molecule has 0 radical (unpaired) electrons. The van der Waals surface area contributed by atoms with Crippen LogP contribution in [0.3, 0.4) is 0 Å². The average molecular weight is 283 g/mol. The van der Waals surface area contributed by atoms with E-state index in [4.69, 9.17) is 4.74 Å². The highest BCUT2D eigenvalue weighted by Gasteiger charge is 2.07. The minimum atomic E-state index is 0.926. The van der Waals surface area contributed by atoms with Gasteiger partial charge >= 0.3 is 0 Å². The molecule has 2 aromatic rings. The normalized spacial score (nSPS) is 10.7. The third kappa shape index (κ3) is 3.85. The van der Waals surface area contributed by atoms with Crippen LogP contribution in [0.5, 0.6) is 5.75 Å². The Bertz CT molecular complexity index is 581. The van der Waals surface area contributed by atoms with Crippen LogP contribution >= 0.6 is 0 Å². The van der Waals surface area contributed by atoms with Crippen molar-refractivity contribution < 1.29 is 4.74 Å². The molecule has 0 saturated heterocycles. The van der Waals surface area contributed by atoms with E-state index in [-0.39, 0.29) is 0 Å². The molecule has 0 aromatic heterocycles. The molecule has 112 valence electrons. The molecule has 0 atom stereocenters. The van der Waals surface area contributed by atoms with Gasteiger partial charge in [-0.2, -0.15) is 0 Å². The van der Waals surface area contributed by atoms with Crippen molar-refractivity contribution in [3.05, 3.63) is 53.1 Å². The summed E-state index contributed by atoms with van der Waals surface area (Å²) in [5, 5.41) is 3.45. The summed E-state index contributed by atoms with van der Waals surface area (Å²) in [6, 6.07) is 13.1. The maximum absolute atomic E-state index is 5.45. The monoisotopic (exact) mass is 283 g/mol. The first kappa shape index (κ1) is 15.6. The SMILES string of the molecule is CCCNCc1cccc(-c2cc(C)c(OC)c(C)c2)c1. The Morgan fingerprint density at radius 1 is 1.00 bits per heavy atom. The van der Waals surface area contributed by atoms with Gasteiger partial charge in [-0.1, -0.05) is 25.1 Å². The fourth-order valence-corrected chi connectivity index (χ4v) is 2.71. The van der Waals surface area contributed by atoms with Crippen LogP contribution in [0.25, 0.3) is 11.1 Å². The van der Waals surface area contributed by atoms with Crippen LogP contribution in [0, 0.1) is 13.8 Å². The van der Waals surface area contributed by atoms with E-state index in [1.165, 1.54) is 27.8 Å². The lowest BCUT2D eigenvalue weighted by molar-refractivity contribution is 0.408. The lowest BCUT2D eigenvalue weighted by atomic mass is 9.98. The Labute approximate surface area is 128 Å². The van der Waals surface area contributed by atoms with Crippen LogP contribution in [-0.2, 0) is 6.54 Å². The van der Waals surface area contributed by atoms with E-state index >= 15 is 0 Å². The minimum absolute atomic E-state index is 0.926. The number of hydrogen-bond donors (Lipinski definition) is 1. The molecule has 1 N–H and O–H groups in total. The molecule has 0 fully saturated rings. The van der Waals surface area contributed by atoms with Gasteiger partial charge < -0.3 is 10.1 Å². The van der Waals surface area contributed by atoms with Crippen LogP contribution in [0.2, 0.25) is 0 Å². The molecular formula is C19H25NO. The standard InChI is InChI=1S/C19H25NO/c1-5-9-20-13-16-7-6-8-17(12-16)18-10-14(2)19(21-4)15(3)11-18/h6-8,10-12,20H,5,9,13H2,1-4H3. The van der Waals surface area contributed by atoms with Crippen LogP contribution in [-0.4, -0.2) is 13.7 Å². The number of ether oxygens (including phenoxy) is 1. The van der Waals surface area contributed by atoms with Crippen molar-refractivity contribution in [2.45, 2.75) is 33.7 Å². The van der Waals surface area contributed by atoms with Gasteiger partial charge in [-0.15, -0.1) is 0 Å². The largest absolute Gasteiger partial charge is 0.496 e. The zero-order valence-electron chi connectivity index (χ0n) is 13.5. The third-order valence-electron chi connectivity index (χ3n) is 3.68. The van der Waals surface area contributed by atoms with Crippen molar-refractivity contribution in [3.63, 3.8) is 0 Å². The second kappa shape index (κ2) is 7.28. The van der Waals surface area contributed by atoms with E-state index in [2.05, 4.69) is 62.5 Å². The summed E-state index contributed by atoms with van der Waals surface area (Å²) >= 11 is 0. The van der Waals surface area contributed by atoms with Crippen molar-refractivity contribution in [3.8, 4) is 16.9 Å². The number of rotatable bonds is 6. The molecule has 0 saturated carbocycles. The first-order valence-electron chi connectivity index (χ1n) is 7.61. The number of aryl methyl sites for hydroxylation is 2. The quantitative estimate of drug-likeness (QED) is 0.789. The maximum Gasteiger partial charge on any atom is 0.124 e. The highest BCUT2D eigenvalue weighted by molar-refractivity contribution is 5.68. The lowest BCUT2D eigenvalue weighted by Gasteiger charge is -2.12. The molecule has 2 nitrogen and oxygen atoms in total. The molecule has 0 aliphatic carbocycles. The van der Waals surface area contributed by atoms with E-state index in [1.807, 2.05) is 0 Å². The van der Waals surface area contributed by atoms with Gasteiger partial charge in [0.15, 0.2) is 0 Å². The van der Waals surface area contributed by atoms with Gasteiger partial charge in [0.25, 0.3) is 0 Å². The van der Waals surface area contributed by atoms with Crippen molar-refractivity contribution in [1.82, 2.24) is 5.32 Å². The molecular weight excluding hydrogens is 258 g/mol. The minimum Gasteiger partial charge on any atom is -0.496 e. The Balaban J connectivity index is 2.27. The summed E-state index contributed by atoms with van der Waals surface area (Å²) in [5.74, 6) is 0.986. The van der Waals surface area contributed by atoms with Gasteiger partial charge in [-0.05, 0) is 72.8 Å². The summed E-state index contributed by atoms with van der Waals surface area (Å²) in [6.07, 6.45) is 1.16. The first-order chi connectivity index (χ1) is 10.2. The molecule has 0 amide bonds. The van der Waals surface area contributed by atoms with Crippen LogP contribution < -0.4 is 10.1 Å². The maximum atomic E-state index is 5.45. The second-order valence-corrected chi connectivity index (χ2v) is 5.52. The third-order valence-corrected chi connectivity index (χ3v) is 3.68. The first-order valence-corrected chi connectivity index (χ1v) is 7.61. The summed E-state index contributed by atoms with van der Waals surface area (Å²) in [5.41, 5.74) is 6.21. The Morgan fingerprint density at radius 3 is 2.33 bits per heavy atom. The molecule has 2 aromatic carbocycles. The molecule has 0 unspecified atom stereocenters. The number of methoxy groups -OCH3 is 1. The van der Waals surface area contributed by atoms with Gasteiger partial charge in [-0.3, -0.25) is 0 Å². The summed E-state index contributed by atoms with van der Waals surface area (Å²) in [7, 11) is 1.73. The summed E-state index contributed by atoms with van der Waals surface area (Å²) < 4.78 is 5.45. The van der Waals surface area contributed by atoms with Gasteiger partial charge in [-0.25, -0.2) is 0 Å². The molecule has 0 bridgehead atoms. The predicted molar refractivity (Wildman–Crippen MR) is 89.9 cm³/mol. The molecule has 0 aliphatic heterocycles. The Kier molecular flexibility index (Phi) is 5.40. The van der Waals surface area contributed by atoms with E-state index in [0.29, 0.717) is 0 Å². The zero-order chi connectivity index (χ0) is 15.2. The Morgan fingerprint density at radius 2 is 1.71 bits per heavy atom. The van der Waals surface area contributed by atoms with Gasteiger partial charge in [0.05, 0.1) is 7.11 Å².